The topological polar surface area (TPSA) is 71.1 Å². The zero-order valence-corrected chi connectivity index (χ0v) is 8.56. The molecule has 0 aliphatic rings. The molecular weight excluding hydrogens is 202 g/mol. The molecule has 14 heavy (non-hydrogen) atoms. The van der Waals surface area contributed by atoms with E-state index in [1.54, 1.807) is 11.6 Å². The number of hydrogen-bond acceptors (Lipinski definition) is 4. The van der Waals surface area contributed by atoms with Crippen molar-refractivity contribution < 1.29 is 9.59 Å². The van der Waals surface area contributed by atoms with E-state index in [0.29, 0.717) is 18.1 Å². The summed E-state index contributed by atoms with van der Waals surface area (Å²) in [5.41, 5.74) is 0. The first-order valence-corrected chi connectivity index (χ1v) is 5.00. The molecule has 1 aromatic heterocycles. The zero-order valence-electron chi connectivity index (χ0n) is 7.74. The molecule has 0 aliphatic carbocycles. The number of rotatable bonds is 4. The highest BCUT2D eigenvalue weighted by Crippen LogP contribution is 2.09. The van der Waals surface area contributed by atoms with Crippen molar-refractivity contribution in [3.63, 3.8) is 0 Å². The number of thiazole rings is 1. The number of carbonyl (C=O) groups excluding carboxylic acids is 2. The number of ketones is 1. The number of anilines is 1. The van der Waals surface area contributed by atoms with Gasteiger partial charge in [0.05, 0.1) is 0 Å². The molecule has 6 heteroatoms. The second-order valence-electron chi connectivity index (χ2n) is 2.67. The van der Waals surface area contributed by atoms with E-state index in [9.17, 15) is 9.59 Å². The van der Waals surface area contributed by atoms with Crippen molar-refractivity contribution in [3.8, 4) is 0 Å². The van der Waals surface area contributed by atoms with Crippen molar-refractivity contribution in [2.75, 3.05) is 11.9 Å². The van der Waals surface area contributed by atoms with E-state index in [4.69, 9.17) is 0 Å². The molecule has 2 amide bonds. The molecule has 0 spiro atoms. The van der Waals surface area contributed by atoms with Crippen LogP contribution in [0.25, 0.3) is 0 Å². The molecule has 0 aromatic carbocycles. The van der Waals surface area contributed by atoms with Gasteiger partial charge in [0.2, 0.25) is 0 Å². The highest BCUT2D eigenvalue weighted by atomic mass is 32.1. The van der Waals surface area contributed by atoms with Crippen LogP contribution in [0.5, 0.6) is 0 Å². The summed E-state index contributed by atoms with van der Waals surface area (Å²) in [6.07, 6.45) is 1.96. The lowest BCUT2D eigenvalue weighted by molar-refractivity contribution is -0.116. The van der Waals surface area contributed by atoms with Gasteiger partial charge in [0.25, 0.3) is 0 Å². The Morgan fingerprint density at radius 1 is 1.57 bits per heavy atom. The smallest absolute Gasteiger partial charge is 0.321 e. The SMILES string of the molecule is CC(=O)CCNC(=O)Nc1nccs1. The average Bonchev–Trinajstić information content (AvgIpc) is 2.56. The van der Waals surface area contributed by atoms with Crippen LogP contribution < -0.4 is 10.6 Å². The quantitative estimate of drug-likeness (QED) is 0.790. The predicted octanol–water partition coefficient (Wildman–Crippen LogP) is 1.24. The fourth-order valence-electron chi connectivity index (χ4n) is 0.779. The van der Waals surface area contributed by atoms with Gasteiger partial charge in [-0.05, 0) is 6.92 Å². The lowest BCUT2D eigenvalue weighted by atomic mass is 10.3. The highest BCUT2D eigenvalue weighted by Gasteiger charge is 2.02. The van der Waals surface area contributed by atoms with Gasteiger partial charge in [-0.1, -0.05) is 0 Å². The number of amides is 2. The number of nitrogens with one attached hydrogen (secondary N) is 2. The normalized spacial score (nSPS) is 9.50. The van der Waals surface area contributed by atoms with Crippen molar-refractivity contribution in [2.24, 2.45) is 0 Å². The molecule has 0 fully saturated rings. The summed E-state index contributed by atoms with van der Waals surface area (Å²) < 4.78 is 0. The molecule has 0 saturated heterocycles. The first kappa shape index (κ1) is 10.6. The number of nitrogens with zero attached hydrogens (tertiary/aromatic N) is 1. The van der Waals surface area contributed by atoms with E-state index in [0.717, 1.165) is 0 Å². The minimum Gasteiger partial charge on any atom is -0.337 e. The molecular formula is C8H11N3O2S. The maximum absolute atomic E-state index is 11.1. The largest absolute Gasteiger partial charge is 0.337 e. The van der Waals surface area contributed by atoms with Crippen LogP contribution in [0.3, 0.4) is 0 Å². The molecule has 1 heterocycles. The van der Waals surface area contributed by atoms with Gasteiger partial charge in [0.15, 0.2) is 5.13 Å². The van der Waals surface area contributed by atoms with Crippen molar-refractivity contribution >= 4 is 28.3 Å². The molecule has 0 atom stereocenters. The van der Waals surface area contributed by atoms with Crippen LogP contribution in [-0.2, 0) is 4.79 Å². The molecule has 0 unspecified atom stereocenters. The van der Waals surface area contributed by atoms with E-state index in [2.05, 4.69) is 15.6 Å². The lowest BCUT2D eigenvalue weighted by Crippen LogP contribution is -2.30. The Bertz CT molecular complexity index is 310. The summed E-state index contributed by atoms with van der Waals surface area (Å²) in [5.74, 6) is 0.0551. The highest BCUT2D eigenvalue weighted by molar-refractivity contribution is 7.13. The van der Waals surface area contributed by atoms with Crippen molar-refractivity contribution in [2.45, 2.75) is 13.3 Å². The Labute approximate surface area is 85.5 Å². The molecule has 0 radical (unpaired) electrons. The maximum atomic E-state index is 11.1. The van der Waals surface area contributed by atoms with Crippen LogP contribution in [0.15, 0.2) is 11.6 Å². The van der Waals surface area contributed by atoms with E-state index in [-0.39, 0.29) is 11.8 Å². The van der Waals surface area contributed by atoms with Crippen LogP contribution in [0.2, 0.25) is 0 Å². The third-order valence-electron chi connectivity index (χ3n) is 1.42. The fourth-order valence-corrected chi connectivity index (χ4v) is 1.30. The Balaban J connectivity index is 2.20. The molecule has 1 rings (SSSR count). The van der Waals surface area contributed by atoms with Gasteiger partial charge in [-0.3, -0.25) is 10.1 Å². The molecule has 0 aliphatic heterocycles. The second kappa shape index (κ2) is 5.33. The predicted molar refractivity (Wildman–Crippen MR) is 54.4 cm³/mol. The van der Waals surface area contributed by atoms with Crippen LogP contribution >= 0.6 is 11.3 Å². The molecule has 5 nitrogen and oxygen atoms in total. The molecule has 2 N–H and O–H groups in total. The van der Waals surface area contributed by atoms with Crippen molar-refractivity contribution in [1.82, 2.24) is 10.3 Å². The van der Waals surface area contributed by atoms with E-state index < -0.39 is 0 Å². The summed E-state index contributed by atoms with van der Waals surface area (Å²) in [6, 6.07) is -0.332. The fraction of sp³-hybridized carbons (Fsp3) is 0.375. The third kappa shape index (κ3) is 3.99. The van der Waals surface area contributed by atoms with Crippen molar-refractivity contribution in [1.29, 1.82) is 0 Å². The molecule has 0 saturated carbocycles. The van der Waals surface area contributed by atoms with Gasteiger partial charge >= 0.3 is 6.03 Å². The summed E-state index contributed by atoms with van der Waals surface area (Å²) in [5, 5.41) is 7.41. The monoisotopic (exact) mass is 213 g/mol. The number of urea groups is 1. The third-order valence-corrected chi connectivity index (χ3v) is 2.10. The van der Waals surface area contributed by atoms with Gasteiger partial charge in [-0.15, -0.1) is 11.3 Å². The van der Waals surface area contributed by atoms with Crippen LogP contribution in [0, 0.1) is 0 Å². The van der Waals surface area contributed by atoms with Crippen molar-refractivity contribution in [3.05, 3.63) is 11.6 Å². The van der Waals surface area contributed by atoms with Crippen LogP contribution in [0.1, 0.15) is 13.3 Å². The number of hydrogen-bond donors (Lipinski definition) is 2. The molecule has 1 aromatic rings. The number of carbonyl (C=O) groups is 2. The van der Waals surface area contributed by atoms with Gasteiger partial charge in [0.1, 0.15) is 5.78 Å². The maximum Gasteiger partial charge on any atom is 0.321 e. The Kier molecular flexibility index (Phi) is 4.06. The van der Waals surface area contributed by atoms with Gasteiger partial charge in [-0.25, -0.2) is 9.78 Å². The Morgan fingerprint density at radius 3 is 2.93 bits per heavy atom. The van der Waals surface area contributed by atoms with E-state index >= 15 is 0 Å². The van der Waals surface area contributed by atoms with E-state index in [1.165, 1.54) is 18.3 Å². The number of Topliss-reactive ketones (excluding diaryl/α,β-unsaturated/α-hetero) is 1. The number of aromatic nitrogens is 1. The minimum absolute atomic E-state index is 0.0551. The van der Waals surface area contributed by atoms with E-state index in [1.807, 2.05) is 0 Å². The van der Waals surface area contributed by atoms with Gasteiger partial charge in [-0.2, -0.15) is 0 Å². The van der Waals surface area contributed by atoms with Crippen LogP contribution in [-0.4, -0.2) is 23.3 Å². The minimum atomic E-state index is -0.332. The standard InChI is InChI=1S/C8H11N3O2S/c1-6(12)2-3-9-7(13)11-8-10-4-5-14-8/h4-5H,2-3H2,1H3,(H2,9,10,11,13). The zero-order chi connectivity index (χ0) is 10.4. The summed E-state index contributed by atoms with van der Waals surface area (Å²) >= 11 is 1.34. The molecule has 0 bridgehead atoms. The second-order valence-corrected chi connectivity index (χ2v) is 3.56. The first-order valence-electron chi connectivity index (χ1n) is 4.12. The first-order chi connectivity index (χ1) is 6.68. The van der Waals surface area contributed by atoms with Gasteiger partial charge in [0, 0.05) is 24.5 Å². The molecule has 76 valence electrons. The summed E-state index contributed by atoms with van der Waals surface area (Å²) in [6.45, 7) is 1.84. The summed E-state index contributed by atoms with van der Waals surface area (Å²) in [4.78, 5) is 25.6. The summed E-state index contributed by atoms with van der Waals surface area (Å²) in [7, 11) is 0. The Hall–Kier alpha value is -1.43. The lowest BCUT2D eigenvalue weighted by Gasteiger charge is -2.02. The average molecular weight is 213 g/mol. The Morgan fingerprint density at radius 2 is 2.36 bits per heavy atom. The van der Waals surface area contributed by atoms with Gasteiger partial charge < -0.3 is 5.32 Å². The van der Waals surface area contributed by atoms with Crippen LogP contribution in [0.4, 0.5) is 9.93 Å².